The third-order valence-electron chi connectivity index (χ3n) is 3.16. The van der Waals surface area contributed by atoms with Gasteiger partial charge in [-0.25, -0.2) is 4.98 Å². The lowest BCUT2D eigenvalue weighted by atomic mass is 10.1. The van der Waals surface area contributed by atoms with Gasteiger partial charge in [-0.1, -0.05) is 44.5 Å². The van der Waals surface area contributed by atoms with Crippen LogP contribution in [0.1, 0.15) is 55.4 Å². The average Bonchev–Trinajstić information content (AvgIpc) is 2.89. The van der Waals surface area contributed by atoms with Crippen LogP contribution in [0.4, 0.5) is 0 Å². The first-order valence-corrected chi connectivity index (χ1v) is 8.31. The quantitative estimate of drug-likeness (QED) is 0.811. The van der Waals surface area contributed by atoms with Crippen LogP contribution in [0.15, 0.2) is 29.6 Å². The van der Waals surface area contributed by atoms with Gasteiger partial charge >= 0.3 is 0 Å². The lowest BCUT2D eigenvalue weighted by Gasteiger charge is -2.17. The summed E-state index contributed by atoms with van der Waals surface area (Å²) >= 11 is 7.84. The molecule has 0 aliphatic carbocycles. The summed E-state index contributed by atoms with van der Waals surface area (Å²) in [6.45, 7) is 7.48. The summed E-state index contributed by atoms with van der Waals surface area (Å²) in [6, 6.07) is 8.16. The highest BCUT2D eigenvalue weighted by Crippen LogP contribution is 2.28. The van der Waals surface area contributed by atoms with E-state index in [0.717, 1.165) is 28.7 Å². The first-order chi connectivity index (χ1) is 9.61. The molecule has 0 fully saturated rings. The van der Waals surface area contributed by atoms with Gasteiger partial charge in [-0.05, 0) is 36.6 Å². The molecule has 0 saturated carbocycles. The molecule has 1 atom stereocenters. The Bertz CT molecular complexity index is 551. The Morgan fingerprint density at radius 2 is 2.15 bits per heavy atom. The van der Waals surface area contributed by atoms with Crippen molar-refractivity contribution < 1.29 is 0 Å². The van der Waals surface area contributed by atoms with E-state index in [1.165, 1.54) is 5.56 Å². The third-order valence-corrected chi connectivity index (χ3v) is 4.32. The normalized spacial score (nSPS) is 12.8. The Hall–Kier alpha value is -0.900. The highest BCUT2D eigenvalue weighted by atomic mass is 35.5. The fraction of sp³-hybridized carbons (Fsp3) is 0.438. The van der Waals surface area contributed by atoms with Crippen LogP contribution < -0.4 is 5.32 Å². The summed E-state index contributed by atoms with van der Waals surface area (Å²) in [5.41, 5.74) is 2.34. The van der Waals surface area contributed by atoms with Gasteiger partial charge in [0.1, 0.15) is 5.01 Å². The smallest absolute Gasteiger partial charge is 0.114 e. The van der Waals surface area contributed by atoms with Crippen molar-refractivity contribution >= 4 is 22.9 Å². The maximum Gasteiger partial charge on any atom is 0.114 e. The fourth-order valence-corrected chi connectivity index (χ4v) is 3.30. The van der Waals surface area contributed by atoms with Gasteiger partial charge in [0.05, 0.1) is 11.7 Å². The highest BCUT2D eigenvalue weighted by Gasteiger charge is 2.18. The van der Waals surface area contributed by atoms with Gasteiger partial charge in [-0.3, -0.25) is 0 Å². The van der Waals surface area contributed by atoms with Crippen LogP contribution in [0.2, 0.25) is 5.02 Å². The van der Waals surface area contributed by atoms with Crippen molar-refractivity contribution in [2.75, 3.05) is 6.54 Å². The molecule has 2 aromatic rings. The number of rotatable bonds is 6. The molecule has 1 heterocycles. The van der Waals surface area contributed by atoms with Gasteiger partial charge < -0.3 is 5.32 Å². The van der Waals surface area contributed by atoms with Crippen molar-refractivity contribution in [3.8, 4) is 0 Å². The van der Waals surface area contributed by atoms with Gasteiger partial charge in [0.2, 0.25) is 0 Å². The van der Waals surface area contributed by atoms with Crippen LogP contribution in [0.3, 0.4) is 0 Å². The van der Waals surface area contributed by atoms with Gasteiger partial charge in [0.25, 0.3) is 0 Å². The van der Waals surface area contributed by atoms with E-state index in [1.807, 2.05) is 18.2 Å². The Labute approximate surface area is 130 Å². The van der Waals surface area contributed by atoms with Crippen LogP contribution in [0, 0.1) is 0 Å². The Balaban J connectivity index is 2.31. The van der Waals surface area contributed by atoms with Crippen molar-refractivity contribution in [2.24, 2.45) is 0 Å². The second-order valence-corrected chi connectivity index (χ2v) is 6.53. The van der Waals surface area contributed by atoms with E-state index in [-0.39, 0.29) is 6.04 Å². The maximum absolute atomic E-state index is 6.12. The number of halogens is 1. The second kappa shape index (κ2) is 7.21. The van der Waals surface area contributed by atoms with Crippen LogP contribution in [-0.2, 0) is 0 Å². The molecule has 20 heavy (non-hydrogen) atoms. The molecule has 0 radical (unpaired) electrons. The van der Waals surface area contributed by atoms with Gasteiger partial charge in [-0.2, -0.15) is 0 Å². The summed E-state index contributed by atoms with van der Waals surface area (Å²) in [4.78, 5) is 4.78. The van der Waals surface area contributed by atoms with Crippen LogP contribution in [0.25, 0.3) is 0 Å². The minimum Gasteiger partial charge on any atom is -0.304 e. The molecule has 0 saturated heterocycles. The molecule has 0 aliphatic heterocycles. The van der Waals surface area contributed by atoms with Crippen molar-refractivity contribution in [3.05, 3.63) is 50.9 Å². The molecule has 1 aromatic heterocycles. The minimum atomic E-state index is 0.131. The number of hydrogen-bond acceptors (Lipinski definition) is 3. The van der Waals surface area contributed by atoms with E-state index in [1.54, 1.807) is 11.3 Å². The Morgan fingerprint density at radius 3 is 2.75 bits per heavy atom. The molecular formula is C16H21ClN2S. The first-order valence-electron chi connectivity index (χ1n) is 7.06. The number of nitrogens with zero attached hydrogens (tertiary/aromatic N) is 1. The minimum absolute atomic E-state index is 0.131. The van der Waals surface area contributed by atoms with Crippen molar-refractivity contribution in [2.45, 2.75) is 39.2 Å². The predicted octanol–water partition coefficient (Wildman–Crippen LogP) is 5.01. The number of hydrogen-bond donors (Lipinski definition) is 1. The summed E-state index contributed by atoms with van der Waals surface area (Å²) < 4.78 is 0. The fourth-order valence-electron chi connectivity index (χ4n) is 2.02. The largest absolute Gasteiger partial charge is 0.304 e. The number of benzene rings is 1. The zero-order chi connectivity index (χ0) is 14.5. The van der Waals surface area contributed by atoms with Crippen molar-refractivity contribution in [1.29, 1.82) is 0 Å². The topological polar surface area (TPSA) is 24.9 Å². The van der Waals surface area contributed by atoms with Gasteiger partial charge in [0, 0.05) is 10.4 Å². The van der Waals surface area contributed by atoms with Gasteiger partial charge in [-0.15, -0.1) is 11.3 Å². The lowest BCUT2D eigenvalue weighted by Crippen LogP contribution is -2.23. The Kier molecular flexibility index (Phi) is 5.58. The summed E-state index contributed by atoms with van der Waals surface area (Å²) in [6.07, 6.45) is 1.10. The lowest BCUT2D eigenvalue weighted by molar-refractivity contribution is 0.593. The molecule has 4 heteroatoms. The molecule has 108 valence electrons. The van der Waals surface area contributed by atoms with Crippen LogP contribution >= 0.6 is 22.9 Å². The number of thiazole rings is 1. The van der Waals surface area contributed by atoms with E-state index in [9.17, 15) is 0 Å². The zero-order valence-corrected chi connectivity index (χ0v) is 13.8. The van der Waals surface area contributed by atoms with Crippen LogP contribution in [0.5, 0.6) is 0 Å². The molecule has 1 aromatic carbocycles. The first kappa shape index (κ1) is 15.5. The Morgan fingerprint density at radius 1 is 1.35 bits per heavy atom. The molecule has 0 spiro atoms. The molecule has 1 unspecified atom stereocenters. The van der Waals surface area contributed by atoms with E-state index in [4.69, 9.17) is 16.6 Å². The maximum atomic E-state index is 6.12. The zero-order valence-electron chi connectivity index (χ0n) is 12.2. The predicted molar refractivity (Wildman–Crippen MR) is 87.8 cm³/mol. The van der Waals surface area contributed by atoms with Gasteiger partial charge in [0.15, 0.2) is 0 Å². The molecule has 0 aliphatic rings. The second-order valence-electron chi connectivity index (χ2n) is 5.21. The third kappa shape index (κ3) is 3.81. The summed E-state index contributed by atoms with van der Waals surface area (Å²) in [5.74, 6) is 0.464. The van der Waals surface area contributed by atoms with E-state index in [0.29, 0.717) is 5.92 Å². The monoisotopic (exact) mass is 308 g/mol. The average molecular weight is 309 g/mol. The SMILES string of the molecule is CCCNC(c1cccc(Cl)c1)c1nc(C(C)C)cs1. The van der Waals surface area contributed by atoms with E-state index >= 15 is 0 Å². The van der Waals surface area contributed by atoms with Crippen molar-refractivity contribution in [1.82, 2.24) is 10.3 Å². The molecule has 2 nitrogen and oxygen atoms in total. The molecular weight excluding hydrogens is 288 g/mol. The van der Waals surface area contributed by atoms with Crippen LogP contribution in [-0.4, -0.2) is 11.5 Å². The van der Waals surface area contributed by atoms with E-state index in [2.05, 4.69) is 37.5 Å². The molecule has 0 amide bonds. The number of aromatic nitrogens is 1. The summed E-state index contributed by atoms with van der Waals surface area (Å²) in [7, 11) is 0. The highest BCUT2D eigenvalue weighted by molar-refractivity contribution is 7.09. The van der Waals surface area contributed by atoms with Crippen molar-refractivity contribution in [3.63, 3.8) is 0 Å². The molecule has 1 N–H and O–H groups in total. The summed E-state index contributed by atoms with van der Waals surface area (Å²) in [5, 5.41) is 7.61. The number of nitrogens with one attached hydrogen (secondary N) is 1. The van der Waals surface area contributed by atoms with E-state index < -0.39 is 0 Å². The molecule has 2 rings (SSSR count). The molecule has 0 bridgehead atoms. The standard InChI is InChI=1S/C16H21ClN2S/c1-4-8-18-15(12-6-5-7-13(17)9-12)16-19-14(10-20-16)11(2)3/h5-7,9-11,15,18H,4,8H2,1-3H3.